The van der Waals surface area contributed by atoms with Gasteiger partial charge in [-0.25, -0.2) is 14.8 Å². The number of aromatic nitrogens is 4. The van der Waals surface area contributed by atoms with E-state index in [0.29, 0.717) is 30.4 Å². The van der Waals surface area contributed by atoms with E-state index in [2.05, 4.69) is 69.0 Å². The van der Waals surface area contributed by atoms with Crippen molar-refractivity contribution in [2.45, 2.75) is 102 Å². The number of carbonyl (C=O) groups excluding carboxylic acids is 4. The van der Waals surface area contributed by atoms with Gasteiger partial charge in [0.2, 0.25) is 17.8 Å². The Morgan fingerprint density at radius 3 is 2.60 bits per heavy atom. The highest BCUT2D eigenvalue weighted by Gasteiger charge is 2.39. The minimum Gasteiger partial charge on any atom is -0.351 e. The van der Waals surface area contributed by atoms with Gasteiger partial charge in [-0.05, 0) is 92.8 Å². The largest absolute Gasteiger partial charge is 0.351 e. The van der Waals surface area contributed by atoms with Gasteiger partial charge in [0.1, 0.15) is 6.04 Å². The molecule has 3 fully saturated rings. The zero-order valence-corrected chi connectivity index (χ0v) is 33.3. The normalized spacial score (nSPS) is 21.4. The number of aryl methyl sites for hydroxylation is 2. The van der Waals surface area contributed by atoms with Crippen LogP contribution in [0.1, 0.15) is 98.3 Å². The molecule has 0 bridgehead atoms. The molecule has 3 aliphatic heterocycles. The zero-order chi connectivity index (χ0) is 39.6. The SMILES string of the molecule is CC(C)c1c2cc(-c3ccnc(N[C@H]4CC[C@H](NC(=O)N5CCN(CCCCCc6cccc7c6CN(C6CCC(=O)NC6=O)C7=O)CC5)C4)n3)ccc2nn1C. The van der Waals surface area contributed by atoms with Crippen molar-refractivity contribution in [1.29, 1.82) is 0 Å². The number of imide groups is 1. The molecule has 2 saturated heterocycles. The molecule has 8 rings (SSSR count). The molecule has 4 aliphatic rings. The molecular formula is C43H54N10O4. The van der Waals surface area contributed by atoms with Gasteiger partial charge in [-0.1, -0.05) is 38.5 Å². The number of hydrogen-bond donors (Lipinski definition) is 3. The number of hydrogen-bond acceptors (Lipinski definition) is 9. The van der Waals surface area contributed by atoms with Crippen LogP contribution in [-0.4, -0.2) is 109 Å². The highest BCUT2D eigenvalue weighted by molar-refractivity contribution is 6.05. The maximum atomic E-state index is 13.2. The average Bonchev–Trinajstić information content (AvgIpc) is 3.89. The van der Waals surface area contributed by atoms with E-state index >= 15 is 0 Å². The predicted octanol–water partition coefficient (Wildman–Crippen LogP) is 4.99. The Morgan fingerprint density at radius 2 is 1.79 bits per heavy atom. The van der Waals surface area contributed by atoms with Crippen molar-refractivity contribution >= 4 is 40.6 Å². The van der Waals surface area contributed by atoms with E-state index in [4.69, 9.17) is 4.98 Å². The van der Waals surface area contributed by atoms with Crippen LogP contribution in [0.15, 0.2) is 48.7 Å². The highest BCUT2D eigenvalue weighted by atomic mass is 16.2. The molecule has 300 valence electrons. The van der Waals surface area contributed by atoms with Crippen molar-refractivity contribution in [2.24, 2.45) is 7.05 Å². The van der Waals surface area contributed by atoms with E-state index in [1.54, 1.807) is 11.1 Å². The van der Waals surface area contributed by atoms with Crippen LogP contribution in [0.2, 0.25) is 0 Å². The topological polar surface area (TPSA) is 158 Å². The van der Waals surface area contributed by atoms with Crippen LogP contribution >= 0.6 is 0 Å². The lowest BCUT2D eigenvalue weighted by Crippen LogP contribution is -2.53. The number of unbranched alkanes of at least 4 members (excludes halogenated alkanes) is 2. The number of fused-ring (bicyclic) bond motifs is 2. The summed E-state index contributed by atoms with van der Waals surface area (Å²) in [5.41, 5.74) is 6.95. The van der Waals surface area contributed by atoms with E-state index in [1.165, 1.54) is 5.69 Å². The second-order valence-corrected chi connectivity index (χ2v) is 16.4. The van der Waals surface area contributed by atoms with Gasteiger partial charge in [-0.15, -0.1) is 0 Å². The minimum atomic E-state index is -0.593. The number of urea groups is 1. The molecule has 3 N–H and O–H groups in total. The van der Waals surface area contributed by atoms with Crippen LogP contribution in [0, 0.1) is 0 Å². The Morgan fingerprint density at radius 1 is 0.965 bits per heavy atom. The summed E-state index contributed by atoms with van der Waals surface area (Å²) in [4.78, 5) is 65.9. The van der Waals surface area contributed by atoms with Crippen molar-refractivity contribution in [2.75, 3.05) is 38.0 Å². The van der Waals surface area contributed by atoms with Gasteiger partial charge in [0.25, 0.3) is 5.91 Å². The van der Waals surface area contributed by atoms with Gasteiger partial charge < -0.3 is 20.4 Å². The number of benzene rings is 2. The molecule has 5 heterocycles. The van der Waals surface area contributed by atoms with E-state index in [0.717, 1.165) is 111 Å². The molecule has 4 aromatic rings. The first kappa shape index (κ1) is 38.5. The van der Waals surface area contributed by atoms with E-state index in [9.17, 15) is 19.2 Å². The number of anilines is 1. The third kappa shape index (κ3) is 8.37. The maximum absolute atomic E-state index is 13.2. The van der Waals surface area contributed by atoms with Gasteiger partial charge in [0.05, 0.1) is 11.2 Å². The van der Waals surface area contributed by atoms with Crippen LogP contribution in [0.3, 0.4) is 0 Å². The summed E-state index contributed by atoms with van der Waals surface area (Å²) in [6.45, 7) is 8.97. The van der Waals surface area contributed by atoms with E-state index in [1.807, 2.05) is 34.8 Å². The number of piperazine rings is 1. The first-order valence-electron chi connectivity index (χ1n) is 20.7. The maximum Gasteiger partial charge on any atom is 0.317 e. The molecular weight excluding hydrogens is 721 g/mol. The Hall–Kier alpha value is -5.37. The molecule has 1 unspecified atom stereocenters. The van der Waals surface area contributed by atoms with Gasteiger partial charge >= 0.3 is 6.03 Å². The van der Waals surface area contributed by atoms with Crippen LogP contribution in [-0.2, 0) is 29.6 Å². The van der Waals surface area contributed by atoms with E-state index in [-0.39, 0.29) is 42.3 Å². The van der Waals surface area contributed by atoms with Crippen molar-refractivity contribution < 1.29 is 19.2 Å². The fourth-order valence-electron chi connectivity index (χ4n) is 9.23. The minimum absolute atomic E-state index is 0.0233. The number of nitrogens with one attached hydrogen (secondary N) is 3. The summed E-state index contributed by atoms with van der Waals surface area (Å²) in [5.74, 6) is 0.185. The number of rotatable bonds is 12. The molecule has 2 aromatic heterocycles. The fraction of sp³-hybridized carbons (Fsp3) is 0.512. The molecule has 57 heavy (non-hydrogen) atoms. The number of carbonyl (C=O) groups is 4. The first-order valence-corrected chi connectivity index (χ1v) is 20.7. The summed E-state index contributed by atoms with van der Waals surface area (Å²) in [7, 11) is 2.00. The van der Waals surface area contributed by atoms with Crippen molar-refractivity contribution in [1.82, 2.24) is 45.1 Å². The summed E-state index contributed by atoms with van der Waals surface area (Å²) < 4.78 is 1.97. The third-order valence-electron chi connectivity index (χ3n) is 12.2. The molecule has 3 atom stereocenters. The van der Waals surface area contributed by atoms with Crippen molar-refractivity contribution in [3.63, 3.8) is 0 Å². The predicted molar refractivity (Wildman–Crippen MR) is 217 cm³/mol. The molecule has 1 saturated carbocycles. The van der Waals surface area contributed by atoms with E-state index < -0.39 is 6.04 Å². The second kappa shape index (κ2) is 16.6. The molecule has 1 aliphatic carbocycles. The van der Waals surface area contributed by atoms with Crippen LogP contribution in [0.4, 0.5) is 10.7 Å². The monoisotopic (exact) mass is 774 g/mol. The fourth-order valence-corrected chi connectivity index (χ4v) is 9.23. The first-order chi connectivity index (χ1) is 27.6. The Kier molecular flexibility index (Phi) is 11.2. The lowest BCUT2D eigenvalue weighted by Gasteiger charge is -2.35. The smallest absolute Gasteiger partial charge is 0.317 e. The Bertz CT molecular complexity index is 2160. The molecule has 14 nitrogen and oxygen atoms in total. The van der Waals surface area contributed by atoms with Crippen LogP contribution in [0.5, 0.6) is 0 Å². The molecule has 0 radical (unpaired) electrons. The van der Waals surface area contributed by atoms with Gasteiger partial charge in [-0.2, -0.15) is 5.10 Å². The van der Waals surface area contributed by atoms with Gasteiger partial charge in [-0.3, -0.25) is 29.3 Å². The highest BCUT2D eigenvalue weighted by Crippen LogP contribution is 2.32. The van der Waals surface area contributed by atoms with Crippen LogP contribution < -0.4 is 16.0 Å². The average molecular weight is 775 g/mol. The summed E-state index contributed by atoms with van der Waals surface area (Å²) >= 11 is 0. The van der Waals surface area contributed by atoms with Crippen molar-refractivity contribution in [3.8, 4) is 11.3 Å². The zero-order valence-electron chi connectivity index (χ0n) is 33.3. The molecule has 14 heteroatoms. The number of amides is 5. The van der Waals surface area contributed by atoms with Crippen LogP contribution in [0.25, 0.3) is 22.2 Å². The molecule has 5 amide bonds. The van der Waals surface area contributed by atoms with Gasteiger partial charge in [0.15, 0.2) is 0 Å². The third-order valence-corrected chi connectivity index (χ3v) is 12.2. The number of nitrogens with zero attached hydrogens (tertiary/aromatic N) is 7. The lowest BCUT2D eigenvalue weighted by atomic mass is 9.98. The quantitative estimate of drug-likeness (QED) is 0.133. The standard InChI is InChI=1S/C43H54N10O4/c1-27(2)39-33-24-29(11-14-36(33)49-50(39)3)35-17-18-44-42(47-35)45-30-12-13-31(25-30)46-43(57)52-22-20-51(21-23-52)19-6-4-5-8-28-9-7-10-32-34(28)26-53(41(32)56)37-15-16-38(54)48-40(37)55/h7,9-11,14,17-18,24,27,30-31,37H,4-6,8,12-13,15-16,19-23,25-26H2,1-3H3,(H,46,57)(H,44,45,47)(H,48,54,55)/t30-,31-,37?/m0/s1. The Labute approximate surface area is 333 Å². The number of piperidine rings is 1. The summed E-state index contributed by atoms with van der Waals surface area (Å²) in [5, 5.41) is 15.0. The second-order valence-electron chi connectivity index (χ2n) is 16.4. The Balaban J connectivity index is 0.741. The molecule has 0 spiro atoms. The van der Waals surface area contributed by atoms with Crippen molar-refractivity contribution in [3.05, 3.63) is 71.0 Å². The summed E-state index contributed by atoms with van der Waals surface area (Å²) in [6.07, 6.45) is 9.16. The lowest BCUT2D eigenvalue weighted by molar-refractivity contribution is -0.136. The molecule has 2 aromatic carbocycles. The van der Waals surface area contributed by atoms with Gasteiger partial charge in [0, 0.05) is 86.7 Å². The summed E-state index contributed by atoms with van der Waals surface area (Å²) in [6, 6.07) is 13.8.